The van der Waals surface area contributed by atoms with Gasteiger partial charge in [0, 0.05) is 5.25 Å². The van der Waals surface area contributed by atoms with Crippen molar-refractivity contribution in [2.75, 3.05) is 0 Å². The van der Waals surface area contributed by atoms with E-state index in [1.165, 1.54) is 6.42 Å². The van der Waals surface area contributed by atoms with Crippen molar-refractivity contribution in [1.82, 2.24) is 0 Å². The first kappa shape index (κ1) is 25.1. The van der Waals surface area contributed by atoms with Crippen LogP contribution in [0.3, 0.4) is 0 Å². The van der Waals surface area contributed by atoms with Crippen molar-refractivity contribution in [2.45, 2.75) is 102 Å². The van der Waals surface area contributed by atoms with E-state index in [2.05, 4.69) is 0 Å². The Hall–Kier alpha value is 0.870. The summed E-state index contributed by atoms with van der Waals surface area (Å²) in [4.78, 5) is 0. The fourth-order valence-corrected chi connectivity index (χ4v) is 3.57. The number of unbranched alkanes of at least 4 members (excludes halogenated alkanes) is 6. The van der Waals surface area contributed by atoms with Gasteiger partial charge in [-0.2, -0.15) is 0 Å². The molecule has 0 aliphatic heterocycles. The Bertz CT molecular complexity index is 333. The maximum Gasteiger partial charge on any atom is 1.00 e. The fourth-order valence-electron chi connectivity index (χ4n) is 2.59. The molecule has 1 N–H and O–H groups in total. The largest absolute Gasteiger partial charge is 1.00 e. The average Bonchev–Trinajstić information content (AvgIpc) is 2.42. The van der Waals surface area contributed by atoms with Gasteiger partial charge in [0.2, 0.25) is 0 Å². The van der Waals surface area contributed by atoms with Gasteiger partial charge in [0.25, 0.3) is 0 Å². The zero-order valence-corrected chi connectivity index (χ0v) is 17.5. The third-order valence-electron chi connectivity index (χ3n) is 4.05. The topological polar surface area (TPSA) is 77.4 Å². The summed E-state index contributed by atoms with van der Waals surface area (Å²) in [6.45, 7) is 3.91. The number of rotatable bonds is 14. The molecule has 6 heteroatoms. The van der Waals surface area contributed by atoms with Gasteiger partial charge >= 0.3 is 29.6 Å². The molecule has 0 fully saturated rings. The summed E-state index contributed by atoms with van der Waals surface area (Å²) < 4.78 is 33.2. The van der Waals surface area contributed by atoms with Gasteiger partial charge in [0.15, 0.2) is 0 Å². The molecule has 0 spiro atoms. The molecule has 22 heavy (non-hydrogen) atoms. The molecule has 2 unspecified atom stereocenters. The molecule has 0 saturated carbocycles. The summed E-state index contributed by atoms with van der Waals surface area (Å²) in [5.41, 5.74) is 0. The third-order valence-corrected chi connectivity index (χ3v) is 5.34. The molecule has 0 aliphatic rings. The Morgan fingerprint density at radius 1 is 0.864 bits per heavy atom. The van der Waals surface area contributed by atoms with Crippen LogP contribution in [0.4, 0.5) is 0 Å². The van der Waals surface area contributed by atoms with E-state index >= 15 is 0 Å². The molecular weight excluding hydrogens is 311 g/mol. The maximum absolute atomic E-state index is 11.1. The van der Waals surface area contributed by atoms with Crippen LogP contribution in [0.2, 0.25) is 0 Å². The maximum atomic E-state index is 11.1. The van der Waals surface area contributed by atoms with E-state index < -0.39 is 15.4 Å². The normalized spacial score (nSPS) is 14.4. The quantitative estimate of drug-likeness (QED) is 0.290. The van der Waals surface area contributed by atoms with E-state index in [0.717, 1.165) is 57.8 Å². The monoisotopic (exact) mass is 344 g/mol. The van der Waals surface area contributed by atoms with Crippen molar-refractivity contribution >= 4 is 10.1 Å². The van der Waals surface area contributed by atoms with Crippen molar-refractivity contribution < 1.29 is 47.6 Å². The molecule has 128 valence electrons. The number of hydrogen-bond donors (Lipinski definition) is 1. The molecule has 4 nitrogen and oxygen atoms in total. The van der Waals surface area contributed by atoms with E-state index in [9.17, 15) is 18.1 Å². The van der Waals surface area contributed by atoms with Gasteiger partial charge < -0.3 is 9.66 Å². The second kappa shape index (κ2) is 15.4. The number of hydrogen-bond acceptors (Lipinski definition) is 4. The van der Waals surface area contributed by atoms with Crippen LogP contribution in [-0.2, 0) is 10.1 Å². The van der Waals surface area contributed by atoms with Gasteiger partial charge in [-0.05, 0) is 25.7 Å². The zero-order valence-electron chi connectivity index (χ0n) is 14.7. The summed E-state index contributed by atoms with van der Waals surface area (Å²) >= 11 is 0. The Balaban J connectivity index is 0. The Kier molecular flexibility index (Phi) is 17.6. The van der Waals surface area contributed by atoms with Crippen LogP contribution < -0.4 is 29.6 Å². The standard InChI is InChI=1S/C16H34O4S.Na/c1-3-12-16(21(18,19)20)14-11-9-7-5-6-8-10-13-15(17)4-2;/h15-17H,3-14H2,1-2H3,(H,18,19,20);/q;+1/p-1. The van der Waals surface area contributed by atoms with Crippen LogP contribution in [0.25, 0.3) is 0 Å². The van der Waals surface area contributed by atoms with Crippen LogP contribution in [0.15, 0.2) is 0 Å². The molecular formula is C16H33NaO4S. The molecule has 0 rings (SSSR count). The van der Waals surface area contributed by atoms with Crippen molar-refractivity contribution in [3.8, 4) is 0 Å². The predicted octanol–water partition coefficient (Wildman–Crippen LogP) is 0.986. The van der Waals surface area contributed by atoms with E-state index in [1.807, 2.05) is 13.8 Å². The Labute approximate surface area is 159 Å². The first-order valence-corrected chi connectivity index (χ1v) is 10.0. The van der Waals surface area contributed by atoms with Crippen LogP contribution >= 0.6 is 0 Å². The third kappa shape index (κ3) is 14.5. The minimum atomic E-state index is -4.12. The minimum Gasteiger partial charge on any atom is -0.748 e. The molecule has 2 atom stereocenters. The summed E-state index contributed by atoms with van der Waals surface area (Å²) in [6, 6.07) is 0. The fraction of sp³-hybridized carbons (Fsp3) is 1.00. The molecule has 0 aromatic rings. The Morgan fingerprint density at radius 3 is 1.73 bits per heavy atom. The molecule has 0 aliphatic carbocycles. The van der Waals surface area contributed by atoms with Crippen molar-refractivity contribution in [1.29, 1.82) is 0 Å². The molecule has 0 aromatic carbocycles. The molecule has 0 amide bonds. The van der Waals surface area contributed by atoms with Crippen LogP contribution in [0.1, 0.15) is 90.9 Å². The van der Waals surface area contributed by atoms with Gasteiger partial charge in [-0.1, -0.05) is 65.2 Å². The second-order valence-electron chi connectivity index (χ2n) is 6.02. The van der Waals surface area contributed by atoms with Crippen LogP contribution in [-0.4, -0.2) is 29.4 Å². The van der Waals surface area contributed by atoms with E-state index in [0.29, 0.717) is 12.8 Å². The first-order chi connectivity index (χ1) is 9.91. The SMILES string of the molecule is CCCC(CCCCCCCCCC(O)CC)S(=O)(=O)[O-].[Na+]. The molecule has 0 aromatic heterocycles. The summed E-state index contributed by atoms with van der Waals surface area (Å²) in [5.74, 6) is 0. The van der Waals surface area contributed by atoms with E-state index in [-0.39, 0.29) is 35.7 Å². The smallest absolute Gasteiger partial charge is 0.748 e. The molecule has 0 heterocycles. The Morgan fingerprint density at radius 2 is 1.32 bits per heavy atom. The van der Waals surface area contributed by atoms with Gasteiger partial charge in [-0.3, -0.25) is 0 Å². The number of aliphatic hydroxyl groups excluding tert-OH is 1. The van der Waals surface area contributed by atoms with E-state index in [4.69, 9.17) is 0 Å². The minimum absolute atomic E-state index is 0. The van der Waals surface area contributed by atoms with Crippen molar-refractivity contribution in [2.24, 2.45) is 0 Å². The summed E-state index contributed by atoms with van der Waals surface area (Å²) in [6.07, 6.45) is 10.9. The summed E-state index contributed by atoms with van der Waals surface area (Å²) in [7, 11) is -4.12. The van der Waals surface area contributed by atoms with Crippen LogP contribution in [0.5, 0.6) is 0 Å². The average molecular weight is 344 g/mol. The van der Waals surface area contributed by atoms with Gasteiger partial charge in [-0.15, -0.1) is 0 Å². The molecule has 0 radical (unpaired) electrons. The first-order valence-electron chi connectivity index (χ1n) is 8.54. The number of aliphatic hydroxyl groups is 1. The van der Waals surface area contributed by atoms with Gasteiger partial charge in [0.1, 0.15) is 0 Å². The van der Waals surface area contributed by atoms with E-state index in [1.54, 1.807) is 0 Å². The van der Waals surface area contributed by atoms with Crippen LogP contribution in [0, 0.1) is 0 Å². The summed E-state index contributed by atoms with van der Waals surface area (Å²) in [5, 5.41) is 8.73. The zero-order chi connectivity index (χ0) is 16.1. The second-order valence-corrected chi connectivity index (χ2v) is 7.67. The van der Waals surface area contributed by atoms with Crippen molar-refractivity contribution in [3.63, 3.8) is 0 Å². The molecule has 0 saturated heterocycles. The predicted molar refractivity (Wildman–Crippen MR) is 86.2 cm³/mol. The van der Waals surface area contributed by atoms with Gasteiger partial charge in [-0.25, -0.2) is 8.42 Å². The van der Waals surface area contributed by atoms with Crippen molar-refractivity contribution in [3.05, 3.63) is 0 Å². The molecule has 0 bridgehead atoms. The van der Waals surface area contributed by atoms with Gasteiger partial charge in [0.05, 0.1) is 16.2 Å².